The zero-order chi connectivity index (χ0) is 18.1. The zero-order valence-electron chi connectivity index (χ0n) is 13.7. The van der Waals surface area contributed by atoms with Crippen LogP contribution in [0.15, 0.2) is 53.1 Å². The van der Waals surface area contributed by atoms with Crippen LogP contribution >= 0.6 is 0 Å². The van der Waals surface area contributed by atoms with Crippen molar-refractivity contribution in [1.82, 2.24) is 10.1 Å². The lowest BCUT2D eigenvalue weighted by Gasteiger charge is -2.24. The molecule has 3 aromatic rings. The average Bonchev–Trinajstić information content (AvgIpc) is 3.17. The molecule has 0 aliphatic carbocycles. The number of hydrogen-bond donors (Lipinski definition) is 0. The van der Waals surface area contributed by atoms with Crippen molar-refractivity contribution in [1.29, 1.82) is 0 Å². The Kier molecular flexibility index (Phi) is 4.12. The van der Waals surface area contributed by atoms with Gasteiger partial charge in [0.25, 0.3) is 12.3 Å². The Bertz CT molecular complexity index is 969. The van der Waals surface area contributed by atoms with Crippen molar-refractivity contribution >= 4 is 11.6 Å². The van der Waals surface area contributed by atoms with E-state index >= 15 is 0 Å². The van der Waals surface area contributed by atoms with Crippen molar-refractivity contribution in [3.05, 3.63) is 60.0 Å². The fourth-order valence-corrected chi connectivity index (χ4v) is 2.75. The van der Waals surface area contributed by atoms with Gasteiger partial charge in [-0.2, -0.15) is 4.98 Å². The third-order valence-corrected chi connectivity index (χ3v) is 4.02. The maximum Gasteiger partial charge on any atom is 0.279 e. The maximum absolute atomic E-state index is 13.5. The van der Waals surface area contributed by atoms with Crippen LogP contribution in [0.3, 0.4) is 0 Å². The topological polar surface area (TPSA) is 57.4 Å². The van der Waals surface area contributed by atoms with Crippen molar-refractivity contribution in [2.45, 2.75) is 12.5 Å². The number of aromatic nitrogens is 2. The van der Waals surface area contributed by atoms with E-state index in [4.69, 9.17) is 14.0 Å². The van der Waals surface area contributed by atoms with E-state index in [2.05, 4.69) is 10.1 Å². The Balaban J connectivity index is 1.74. The fraction of sp³-hybridized carbons (Fsp3) is 0.158. The number of nitrogens with zero attached hydrogens (tertiary/aromatic N) is 2. The van der Waals surface area contributed by atoms with E-state index in [1.807, 2.05) is 0 Å². The summed E-state index contributed by atoms with van der Waals surface area (Å²) in [5.74, 6) is 1.32. The van der Waals surface area contributed by atoms with Gasteiger partial charge in [-0.3, -0.25) is 0 Å². The number of ether oxygens (including phenoxy) is 2. The first-order valence-corrected chi connectivity index (χ1v) is 7.89. The molecule has 0 radical (unpaired) electrons. The van der Waals surface area contributed by atoms with Gasteiger partial charge in [0.2, 0.25) is 5.82 Å². The molecule has 1 aromatic heterocycles. The number of para-hydroxylation sites is 1. The predicted octanol–water partition coefficient (Wildman–Crippen LogP) is 4.31. The van der Waals surface area contributed by atoms with Gasteiger partial charge in [-0.1, -0.05) is 35.5 Å². The van der Waals surface area contributed by atoms with Gasteiger partial charge >= 0.3 is 0 Å². The molecule has 5 nitrogen and oxygen atoms in total. The number of benzene rings is 2. The molecule has 0 fully saturated rings. The molecule has 0 saturated carbocycles. The van der Waals surface area contributed by atoms with Gasteiger partial charge in [0.1, 0.15) is 11.5 Å². The highest BCUT2D eigenvalue weighted by molar-refractivity contribution is 5.85. The lowest BCUT2D eigenvalue weighted by atomic mass is 10.0. The second-order valence-electron chi connectivity index (χ2n) is 5.67. The summed E-state index contributed by atoms with van der Waals surface area (Å²) in [6.07, 6.45) is -2.61. The number of rotatable bonds is 4. The molecule has 0 N–H and O–H groups in total. The van der Waals surface area contributed by atoms with Crippen molar-refractivity contribution < 1.29 is 22.8 Å². The Hall–Kier alpha value is -3.22. The van der Waals surface area contributed by atoms with Crippen LogP contribution in [0.5, 0.6) is 11.5 Å². The summed E-state index contributed by atoms with van der Waals surface area (Å²) in [6.45, 7) is 0. The number of fused-ring (bicyclic) bond motifs is 1. The Morgan fingerprint density at radius 1 is 1.12 bits per heavy atom. The SMILES string of the molecule is COc1cccc(-c2noc(C3=Cc4ccccc4OC3C(F)F)n2)c1. The minimum absolute atomic E-state index is 0.00243. The Labute approximate surface area is 147 Å². The minimum Gasteiger partial charge on any atom is -0.497 e. The molecule has 1 unspecified atom stereocenters. The highest BCUT2D eigenvalue weighted by atomic mass is 19.3. The van der Waals surface area contributed by atoms with Crippen LogP contribution in [0, 0.1) is 0 Å². The zero-order valence-corrected chi connectivity index (χ0v) is 13.7. The van der Waals surface area contributed by atoms with Gasteiger partial charge in [-0.25, -0.2) is 8.78 Å². The third kappa shape index (κ3) is 2.92. The van der Waals surface area contributed by atoms with E-state index in [9.17, 15) is 8.78 Å². The maximum atomic E-state index is 13.5. The first-order chi connectivity index (χ1) is 12.7. The van der Waals surface area contributed by atoms with Gasteiger partial charge < -0.3 is 14.0 Å². The molecule has 4 rings (SSSR count). The molecular weight excluding hydrogens is 342 g/mol. The number of halogens is 2. The van der Waals surface area contributed by atoms with Gasteiger partial charge in [-0.05, 0) is 24.3 Å². The van der Waals surface area contributed by atoms with Crippen molar-refractivity contribution in [3.8, 4) is 22.9 Å². The molecule has 7 heteroatoms. The number of alkyl halides is 2. The van der Waals surface area contributed by atoms with E-state index < -0.39 is 12.5 Å². The normalized spacial score (nSPS) is 16.0. The highest BCUT2D eigenvalue weighted by Gasteiger charge is 2.34. The fourth-order valence-electron chi connectivity index (χ4n) is 2.75. The van der Waals surface area contributed by atoms with Crippen molar-refractivity contribution in [2.24, 2.45) is 0 Å². The van der Waals surface area contributed by atoms with Crippen LogP contribution in [-0.2, 0) is 0 Å². The third-order valence-electron chi connectivity index (χ3n) is 4.02. The Morgan fingerprint density at radius 2 is 1.96 bits per heavy atom. The summed E-state index contributed by atoms with van der Waals surface area (Å²) in [6, 6.07) is 14.0. The van der Waals surface area contributed by atoms with Crippen LogP contribution in [-0.4, -0.2) is 29.8 Å². The molecule has 2 aromatic carbocycles. The monoisotopic (exact) mass is 356 g/mol. The molecule has 1 atom stereocenters. The molecule has 2 heterocycles. The standard InChI is InChI=1S/C19H14F2N2O3/c1-24-13-7-4-6-12(9-13)18-22-19(26-23-18)14-10-11-5-2-3-8-15(11)25-16(14)17(20)21/h2-10,16-17H,1H3. The highest BCUT2D eigenvalue weighted by Crippen LogP contribution is 2.36. The van der Waals surface area contributed by atoms with E-state index in [1.165, 1.54) is 0 Å². The lowest BCUT2D eigenvalue weighted by Crippen LogP contribution is -2.29. The molecular formula is C19H14F2N2O3. The lowest BCUT2D eigenvalue weighted by molar-refractivity contribution is 0.0419. The molecule has 0 amide bonds. The molecule has 0 bridgehead atoms. The molecule has 1 aliphatic rings. The number of hydrogen-bond acceptors (Lipinski definition) is 5. The van der Waals surface area contributed by atoms with E-state index in [1.54, 1.807) is 61.7 Å². The minimum atomic E-state index is -2.73. The second-order valence-corrected chi connectivity index (χ2v) is 5.67. The molecule has 1 aliphatic heterocycles. The largest absolute Gasteiger partial charge is 0.497 e. The van der Waals surface area contributed by atoms with Crippen LogP contribution < -0.4 is 9.47 Å². The van der Waals surface area contributed by atoms with Gasteiger partial charge in [0.05, 0.1) is 12.7 Å². The summed E-state index contributed by atoms with van der Waals surface area (Å²) < 4.78 is 42.9. The van der Waals surface area contributed by atoms with Crippen LogP contribution in [0.1, 0.15) is 11.5 Å². The van der Waals surface area contributed by atoms with E-state index in [0.29, 0.717) is 22.6 Å². The van der Waals surface area contributed by atoms with E-state index in [0.717, 1.165) is 0 Å². The summed E-state index contributed by atoms with van der Waals surface area (Å²) in [7, 11) is 1.55. The van der Waals surface area contributed by atoms with Gasteiger partial charge in [0.15, 0.2) is 6.10 Å². The second kappa shape index (κ2) is 6.59. The summed E-state index contributed by atoms with van der Waals surface area (Å²) in [4.78, 5) is 4.27. The summed E-state index contributed by atoms with van der Waals surface area (Å²) >= 11 is 0. The Morgan fingerprint density at radius 3 is 2.77 bits per heavy atom. The van der Waals surface area contributed by atoms with Crippen LogP contribution in [0.25, 0.3) is 23.0 Å². The smallest absolute Gasteiger partial charge is 0.279 e. The summed E-state index contributed by atoms with van der Waals surface area (Å²) in [5.41, 5.74) is 1.49. The molecule has 0 saturated heterocycles. The van der Waals surface area contributed by atoms with E-state index in [-0.39, 0.29) is 17.3 Å². The molecule has 132 valence electrons. The molecule has 0 spiro atoms. The van der Waals surface area contributed by atoms with Crippen molar-refractivity contribution in [3.63, 3.8) is 0 Å². The average molecular weight is 356 g/mol. The summed E-state index contributed by atoms with van der Waals surface area (Å²) in [5, 5.41) is 3.90. The number of methoxy groups -OCH3 is 1. The predicted molar refractivity (Wildman–Crippen MR) is 91.0 cm³/mol. The van der Waals surface area contributed by atoms with Gasteiger partial charge in [-0.15, -0.1) is 0 Å². The quantitative estimate of drug-likeness (QED) is 0.697. The first-order valence-electron chi connectivity index (χ1n) is 7.89. The van der Waals surface area contributed by atoms with Gasteiger partial charge in [0, 0.05) is 11.1 Å². The first kappa shape index (κ1) is 16.3. The van der Waals surface area contributed by atoms with Crippen molar-refractivity contribution in [2.75, 3.05) is 7.11 Å². The van der Waals surface area contributed by atoms with Crippen LogP contribution in [0.2, 0.25) is 0 Å². The molecule has 26 heavy (non-hydrogen) atoms. The van der Waals surface area contributed by atoms with Crippen LogP contribution in [0.4, 0.5) is 8.78 Å².